The summed E-state index contributed by atoms with van der Waals surface area (Å²) in [5, 5.41) is 7.86. The van der Waals surface area contributed by atoms with Crippen LogP contribution < -0.4 is 4.74 Å². The van der Waals surface area contributed by atoms with Gasteiger partial charge in [0, 0.05) is 19.3 Å². The lowest BCUT2D eigenvalue weighted by Gasteiger charge is -2.04. The molecule has 0 amide bonds. The van der Waals surface area contributed by atoms with Crippen LogP contribution in [0.1, 0.15) is 0 Å². The Kier molecular flexibility index (Phi) is 3.77. The van der Waals surface area contributed by atoms with E-state index in [-0.39, 0.29) is 11.8 Å². The van der Waals surface area contributed by atoms with Gasteiger partial charge in [0.05, 0.1) is 11.8 Å². The van der Waals surface area contributed by atoms with Crippen LogP contribution in [0, 0.1) is 0 Å². The van der Waals surface area contributed by atoms with Crippen LogP contribution in [0.2, 0.25) is 0 Å². The molecular formula is C13H11F2N5O2. The molecule has 3 rings (SSSR count). The Bertz CT molecular complexity index is 771. The summed E-state index contributed by atoms with van der Waals surface area (Å²) in [5.74, 6) is 0.601. The SMILES string of the molecule is Cn1cc(-c2noc(-c3cccc(OCC(F)F)n3)n2)cn1. The highest BCUT2D eigenvalue weighted by Crippen LogP contribution is 2.22. The second kappa shape index (κ2) is 5.88. The van der Waals surface area contributed by atoms with Crippen molar-refractivity contribution in [1.29, 1.82) is 0 Å². The zero-order valence-electron chi connectivity index (χ0n) is 11.5. The zero-order valence-corrected chi connectivity index (χ0v) is 11.5. The van der Waals surface area contributed by atoms with E-state index in [0.717, 1.165) is 0 Å². The lowest BCUT2D eigenvalue weighted by molar-refractivity contribution is 0.0796. The number of pyridine rings is 1. The third-order valence-electron chi connectivity index (χ3n) is 2.69. The molecule has 3 aromatic rings. The van der Waals surface area contributed by atoms with E-state index in [0.29, 0.717) is 17.1 Å². The molecule has 0 spiro atoms. The van der Waals surface area contributed by atoms with Gasteiger partial charge in [0.15, 0.2) is 6.61 Å². The minimum atomic E-state index is -2.56. The number of halogens is 2. The maximum atomic E-state index is 12.1. The molecule has 0 aliphatic heterocycles. The molecule has 9 heteroatoms. The molecule has 3 heterocycles. The fourth-order valence-corrected chi connectivity index (χ4v) is 1.74. The second-order valence-electron chi connectivity index (χ2n) is 4.39. The third kappa shape index (κ3) is 3.08. The highest BCUT2D eigenvalue weighted by Gasteiger charge is 2.14. The predicted molar refractivity (Wildman–Crippen MR) is 71.2 cm³/mol. The summed E-state index contributed by atoms with van der Waals surface area (Å²) in [6.45, 7) is -0.721. The van der Waals surface area contributed by atoms with Crippen LogP contribution in [0.15, 0.2) is 35.1 Å². The molecule has 0 aliphatic rings. The number of hydrogen-bond donors (Lipinski definition) is 0. The monoisotopic (exact) mass is 307 g/mol. The topological polar surface area (TPSA) is 78.9 Å². The number of aromatic nitrogens is 5. The lowest BCUT2D eigenvalue weighted by atomic mass is 10.3. The van der Waals surface area contributed by atoms with Crippen LogP contribution in [-0.2, 0) is 7.05 Å². The fraction of sp³-hybridized carbons (Fsp3) is 0.231. The van der Waals surface area contributed by atoms with E-state index in [2.05, 4.69) is 20.2 Å². The van der Waals surface area contributed by atoms with E-state index < -0.39 is 13.0 Å². The van der Waals surface area contributed by atoms with Gasteiger partial charge in [-0.3, -0.25) is 4.68 Å². The summed E-state index contributed by atoms with van der Waals surface area (Å²) in [4.78, 5) is 8.26. The van der Waals surface area contributed by atoms with Crippen LogP contribution in [0.4, 0.5) is 8.78 Å². The summed E-state index contributed by atoms with van der Waals surface area (Å²) < 4.78 is 35.9. The minimum absolute atomic E-state index is 0.0685. The second-order valence-corrected chi connectivity index (χ2v) is 4.39. The molecule has 0 fully saturated rings. The van der Waals surface area contributed by atoms with Crippen LogP contribution in [-0.4, -0.2) is 37.9 Å². The van der Waals surface area contributed by atoms with Crippen molar-refractivity contribution in [1.82, 2.24) is 24.9 Å². The standard InChI is InChI=1S/C13H11F2N5O2/c1-20-6-8(5-16-20)12-18-13(22-19-12)9-3-2-4-11(17-9)21-7-10(14)15/h2-6,10H,7H2,1H3. The van der Waals surface area contributed by atoms with E-state index in [1.54, 1.807) is 36.3 Å². The van der Waals surface area contributed by atoms with E-state index in [1.807, 2.05) is 0 Å². The number of hydrogen-bond acceptors (Lipinski definition) is 6. The molecular weight excluding hydrogens is 296 g/mol. The molecule has 0 atom stereocenters. The van der Waals surface area contributed by atoms with Crippen molar-refractivity contribution in [2.45, 2.75) is 6.43 Å². The molecule has 0 saturated carbocycles. The quantitative estimate of drug-likeness (QED) is 0.719. The van der Waals surface area contributed by atoms with Gasteiger partial charge in [-0.25, -0.2) is 13.8 Å². The molecule has 22 heavy (non-hydrogen) atoms. The van der Waals surface area contributed by atoms with Crippen molar-refractivity contribution in [3.8, 4) is 28.9 Å². The van der Waals surface area contributed by atoms with Gasteiger partial charge in [0.1, 0.15) is 5.69 Å². The molecule has 0 N–H and O–H groups in total. The third-order valence-corrected chi connectivity index (χ3v) is 2.69. The van der Waals surface area contributed by atoms with Crippen molar-refractivity contribution in [3.05, 3.63) is 30.6 Å². The molecule has 0 aromatic carbocycles. The van der Waals surface area contributed by atoms with Crippen molar-refractivity contribution in [3.63, 3.8) is 0 Å². The summed E-state index contributed by atoms with van der Waals surface area (Å²) in [6, 6.07) is 4.71. The Morgan fingerprint density at radius 2 is 2.18 bits per heavy atom. The van der Waals surface area contributed by atoms with Gasteiger partial charge in [0.25, 0.3) is 12.3 Å². The molecule has 7 nitrogen and oxygen atoms in total. The Balaban J connectivity index is 1.82. The summed E-state index contributed by atoms with van der Waals surface area (Å²) in [6.07, 6.45) is 0.778. The van der Waals surface area contributed by atoms with Crippen molar-refractivity contribution in [2.24, 2.45) is 7.05 Å². The van der Waals surface area contributed by atoms with Crippen LogP contribution in [0.3, 0.4) is 0 Å². The Labute approximate surface area is 123 Å². The van der Waals surface area contributed by atoms with Crippen LogP contribution in [0.25, 0.3) is 23.0 Å². The lowest BCUT2D eigenvalue weighted by Crippen LogP contribution is -2.08. The molecule has 0 aliphatic carbocycles. The summed E-state index contributed by atoms with van der Waals surface area (Å²) >= 11 is 0. The largest absolute Gasteiger partial charge is 0.472 e. The predicted octanol–water partition coefficient (Wildman–Crippen LogP) is 2.18. The Morgan fingerprint density at radius 1 is 1.32 bits per heavy atom. The van der Waals surface area contributed by atoms with Gasteiger partial charge in [-0.05, 0) is 6.07 Å². The van der Waals surface area contributed by atoms with Gasteiger partial charge in [-0.2, -0.15) is 10.1 Å². The Hall–Kier alpha value is -2.84. The number of nitrogens with zero attached hydrogens (tertiary/aromatic N) is 5. The van der Waals surface area contributed by atoms with Crippen LogP contribution in [0.5, 0.6) is 5.88 Å². The van der Waals surface area contributed by atoms with Gasteiger partial charge < -0.3 is 9.26 Å². The van der Waals surface area contributed by atoms with Crippen molar-refractivity contribution < 1.29 is 18.0 Å². The number of alkyl halides is 2. The fourth-order valence-electron chi connectivity index (χ4n) is 1.74. The van der Waals surface area contributed by atoms with Gasteiger partial charge in [-0.1, -0.05) is 11.2 Å². The van der Waals surface area contributed by atoms with Crippen molar-refractivity contribution in [2.75, 3.05) is 6.61 Å². The van der Waals surface area contributed by atoms with E-state index in [4.69, 9.17) is 9.26 Å². The number of aryl methyl sites for hydroxylation is 1. The first kappa shape index (κ1) is 14.1. The van der Waals surface area contributed by atoms with Gasteiger partial charge >= 0.3 is 0 Å². The molecule has 0 saturated heterocycles. The average molecular weight is 307 g/mol. The highest BCUT2D eigenvalue weighted by molar-refractivity contribution is 5.56. The van der Waals surface area contributed by atoms with E-state index in [1.165, 1.54) is 6.07 Å². The molecule has 114 valence electrons. The maximum Gasteiger partial charge on any atom is 0.276 e. The van der Waals surface area contributed by atoms with Crippen molar-refractivity contribution >= 4 is 0 Å². The first-order chi connectivity index (χ1) is 10.6. The average Bonchev–Trinajstić information content (AvgIpc) is 3.14. The first-order valence-electron chi connectivity index (χ1n) is 6.33. The molecule has 0 unspecified atom stereocenters. The van der Waals surface area contributed by atoms with Gasteiger partial charge in [-0.15, -0.1) is 0 Å². The first-order valence-corrected chi connectivity index (χ1v) is 6.33. The van der Waals surface area contributed by atoms with E-state index >= 15 is 0 Å². The smallest absolute Gasteiger partial charge is 0.276 e. The summed E-state index contributed by atoms with van der Waals surface area (Å²) in [5.41, 5.74) is 1.04. The molecule has 3 aromatic heterocycles. The Morgan fingerprint density at radius 3 is 2.91 bits per heavy atom. The number of ether oxygens (including phenoxy) is 1. The minimum Gasteiger partial charge on any atom is -0.472 e. The molecule has 0 bridgehead atoms. The normalized spacial score (nSPS) is 11.1. The summed E-state index contributed by atoms with van der Waals surface area (Å²) in [7, 11) is 1.77. The molecule has 0 radical (unpaired) electrons. The highest BCUT2D eigenvalue weighted by atomic mass is 19.3. The van der Waals surface area contributed by atoms with Gasteiger partial charge in [0.2, 0.25) is 11.7 Å². The zero-order chi connectivity index (χ0) is 15.5. The maximum absolute atomic E-state index is 12.1. The van der Waals surface area contributed by atoms with E-state index in [9.17, 15) is 8.78 Å². The number of rotatable bonds is 5. The van der Waals surface area contributed by atoms with Crippen LogP contribution >= 0.6 is 0 Å².